The number of carbonyl (C=O) groups excluding carboxylic acids is 2. The van der Waals surface area contributed by atoms with Crippen molar-refractivity contribution < 1.29 is 18.0 Å². The van der Waals surface area contributed by atoms with E-state index < -0.39 is 10.0 Å². The summed E-state index contributed by atoms with van der Waals surface area (Å²) >= 11 is 0. The number of nitrogens with one attached hydrogen (secondary N) is 3. The maximum atomic E-state index is 12.9. The lowest BCUT2D eigenvalue weighted by molar-refractivity contribution is -0.121. The van der Waals surface area contributed by atoms with Crippen LogP contribution in [0.15, 0.2) is 47.4 Å². The minimum absolute atomic E-state index is 0.0377. The Bertz CT molecular complexity index is 1150. The summed E-state index contributed by atoms with van der Waals surface area (Å²) in [6.45, 7) is 6.27. The molecule has 0 bridgehead atoms. The van der Waals surface area contributed by atoms with E-state index in [1.165, 1.54) is 69.9 Å². The molecule has 0 atom stereocenters. The third-order valence-corrected chi connectivity index (χ3v) is 8.32. The molecule has 7 nitrogen and oxygen atoms in total. The molecule has 216 valence electrons. The van der Waals surface area contributed by atoms with Crippen LogP contribution in [0.1, 0.15) is 102 Å². The van der Waals surface area contributed by atoms with Gasteiger partial charge in [0.05, 0.1) is 10.6 Å². The van der Waals surface area contributed by atoms with Gasteiger partial charge in [-0.3, -0.25) is 14.3 Å². The molecule has 0 fully saturated rings. The molecule has 39 heavy (non-hydrogen) atoms. The van der Waals surface area contributed by atoms with E-state index in [0.29, 0.717) is 17.8 Å². The van der Waals surface area contributed by atoms with Crippen LogP contribution < -0.4 is 15.4 Å². The maximum Gasteiger partial charge on any atom is 0.261 e. The molecular formula is C31H47N3O4S. The molecule has 2 amide bonds. The zero-order chi connectivity index (χ0) is 28.5. The number of benzene rings is 2. The Hall–Kier alpha value is -2.87. The van der Waals surface area contributed by atoms with Gasteiger partial charge in [-0.15, -0.1) is 0 Å². The fraction of sp³-hybridized carbons (Fsp3) is 0.548. The molecule has 3 N–H and O–H groups in total. The van der Waals surface area contributed by atoms with Crippen molar-refractivity contribution in [2.24, 2.45) is 0 Å². The van der Waals surface area contributed by atoms with Crippen LogP contribution in [0.4, 0.5) is 11.4 Å². The lowest BCUT2D eigenvalue weighted by atomic mass is 10.1. The molecule has 0 spiro atoms. The van der Waals surface area contributed by atoms with Crippen LogP contribution in [0.25, 0.3) is 0 Å². The van der Waals surface area contributed by atoms with E-state index in [1.54, 1.807) is 24.3 Å². The number of aryl methyl sites for hydroxylation is 1. The highest BCUT2D eigenvalue weighted by Gasteiger charge is 2.17. The van der Waals surface area contributed by atoms with Gasteiger partial charge >= 0.3 is 0 Å². The summed E-state index contributed by atoms with van der Waals surface area (Å²) in [6.07, 6.45) is 14.2. The molecule has 2 rings (SSSR count). The fourth-order valence-electron chi connectivity index (χ4n) is 4.38. The molecule has 0 saturated carbocycles. The second-order valence-corrected chi connectivity index (χ2v) is 12.0. The highest BCUT2D eigenvalue weighted by Crippen LogP contribution is 2.23. The first-order valence-corrected chi connectivity index (χ1v) is 16.0. The Kier molecular flexibility index (Phi) is 14.6. The number of amides is 2. The van der Waals surface area contributed by atoms with Gasteiger partial charge in [-0.2, -0.15) is 0 Å². The molecule has 0 radical (unpaired) electrons. The van der Waals surface area contributed by atoms with Crippen molar-refractivity contribution in [1.82, 2.24) is 5.32 Å². The monoisotopic (exact) mass is 557 g/mol. The van der Waals surface area contributed by atoms with Gasteiger partial charge in [0.25, 0.3) is 10.0 Å². The standard InChI is InChI=1S/C31H47N3O4S/c1-4-5-6-7-8-9-10-11-12-13-14-21-30(35)32-23-22-31(36)33-27-18-16-19-28(24-27)39(37,38)34-29-20-15-17-25(2)26(29)3/h15-20,24,34H,4-14,21-23H2,1-3H3,(H,32,35)(H,33,36). The number of sulfonamides is 1. The Morgan fingerprint density at radius 1 is 0.744 bits per heavy atom. The fourth-order valence-corrected chi connectivity index (χ4v) is 5.55. The predicted molar refractivity (Wildman–Crippen MR) is 161 cm³/mol. The van der Waals surface area contributed by atoms with Crippen molar-refractivity contribution in [2.45, 2.75) is 109 Å². The molecule has 0 aromatic heterocycles. The lowest BCUT2D eigenvalue weighted by Gasteiger charge is -2.13. The number of hydrogen-bond acceptors (Lipinski definition) is 4. The van der Waals surface area contributed by atoms with Crippen LogP contribution in [0.5, 0.6) is 0 Å². The maximum absolute atomic E-state index is 12.9. The first-order chi connectivity index (χ1) is 18.7. The smallest absolute Gasteiger partial charge is 0.261 e. The number of carbonyl (C=O) groups is 2. The summed E-state index contributed by atoms with van der Waals surface area (Å²) in [5.41, 5.74) is 2.75. The van der Waals surface area contributed by atoms with Gasteiger partial charge in [-0.25, -0.2) is 8.42 Å². The highest BCUT2D eigenvalue weighted by molar-refractivity contribution is 7.92. The zero-order valence-corrected chi connectivity index (χ0v) is 24.8. The van der Waals surface area contributed by atoms with Gasteiger partial charge in [0.1, 0.15) is 0 Å². The van der Waals surface area contributed by atoms with E-state index in [2.05, 4.69) is 22.3 Å². The van der Waals surface area contributed by atoms with Crippen LogP contribution in [0, 0.1) is 13.8 Å². The molecule has 0 aliphatic rings. The molecule has 8 heteroatoms. The van der Waals surface area contributed by atoms with Crippen molar-refractivity contribution in [3.63, 3.8) is 0 Å². The van der Waals surface area contributed by atoms with Crippen LogP contribution in [0.3, 0.4) is 0 Å². The normalized spacial score (nSPS) is 11.3. The number of hydrogen-bond donors (Lipinski definition) is 3. The van der Waals surface area contributed by atoms with Gasteiger partial charge in [0.2, 0.25) is 11.8 Å². The van der Waals surface area contributed by atoms with Gasteiger partial charge in [-0.05, 0) is 55.7 Å². The number of unbranched alkanes of at least 4 members (excludes halogenated alkanes) is 10. The van der Waals surface area contributed by atoms with Gasteiger partial charge in [-0.1, -0.05) is 89.3 Å². The SMILES string of the molecule is CCCCCCCCCCCCCC(=O)NCCC(=O)Nc1cccc(S(=O)(=O)Nc2cccc(C)c2C)c1. The van der Waals surface area contributed by atoms with Crippen LogP contribution in [-0.4, -0.2) is 26.8 Å². The quantitative estimate of drug-likeness (QED) is 0.158. The highest BCUT2D eigenvalue weighted by atomic mass is 32.2. The Morgan fingerprint density at radius 3 is 2.03 bits per heavy atom. The minimum atomic E-state index is -3.82. The Balaban J connectivity index is 1.64. The molecule has 0 aliphatic heterocycles. The van der Waals surface area contributed by atoms with E-state index in [4.69, 9.17) is 0 Å². The van der Waals surface area contributed by atoms with Crippen molar-refractivity contribution in [3.8, 4) is 0 Å². The second kappa shape index (κ2) is 17.7. The van der Waals surface area contributed by atoms with Crippen LogP contribution >= 0.6 is 0 Å². The zero-order valence-electron chi connectivity index (χ0n) is 24.0. The van der Waals surface area contributed by atoms with Crippen LogP contribution in [-0.2, 0) is 19.6 Å². The topological polar surface area (TPSA) is 104 Å². The summed E-state index contributed by atoms with van der Waals surface area (Å²) in [4.78, 5) is 24.5. The third-order valence-electron chi connectivity index (χ3n) is 6.96. The van der Waals surface area contributed by atoms with Gasteiger partial charge < -0.3 is 10.6 Å². The van der Waals surface area contributed by atoms with E-state index in [1.807, 2.05) is 19.9 Å². The molecule has 0 saturated heterocycles. The first-order valence-electron chi connectivity index (χ1n) is 14.5. The lowest BCUT2D eigenvalue weighted by Crippen LogP contribution is -2.27. The van der Waals surface area contributed by atoms with Crippen molar-refractivity contribution in [1.29, 1.82) is 0 Å². The largest absolute Gasteiger partial charge is 0.356 e. The van der Waals surface area contributed by atoms with Gasteiger partial charge in [0.15, 0.2) is 0 Å². The third kappa shape index (κ3) is 12.7. The predicted octanol–water partition coefficient (Wildman–Crippen LogP) is 7.25. The van der Waals surface area contributed by atoms with Crippen LogP contribution in [0.2, 0.25) is 0 Å². The Morgan fingerprint density at radius 2 is 1.36 bits per heavy atom. The summed E-state index contributed by atoms with van der Waals surface area (Å²) in [7, 11) is -3.82. The number of rotatable bonds is 19. The average Bonchev–Trinajstić information content (AvgIpc) is 2.90. The van der Waals surface area contributed by atoms with E-state index in [0.717, 1.165) is 24.0 Å². The average molecular weight is 558 g/mol. The summed E-state index contributed by atoms with van der Waals surface area (Å²) in [5, 5.41) is 5.52. The van der Waals surface area contributed by atoms with Crippen molar-refractivity contribution in [2.75, 3.05) is 16.6 Å². The van der Waals surface area contributed by atoms with E-state index >= 15 is 0 Å². The molecule has 2 aromatic carbocycles. The minimum Gasteiger partial charge on any atom is -0.356 e. The van der Waals surface area contributed by atoms with Gasteiger partial charge in [0, 0.05) is 25.1 Å². The summed E-state index contributed by atoms with van der Waals surface area (Å²) < 4.78 is 28.4. The summed E-state index contributed by atoms with van der Waals surface area (Å²) in [6, 6.07) is 11.6. The number of anilines is 2. The molecular weight excluding hydrogens is 510 g/mol. The first kappa shape index (κ1) is 32.3. The van der Waals surface area contributed by atoms with Crippen molar-refractivity contribution >= 4 is 33.2 Å². The Labute approximate surface area is 235 Å². The summed E-state index contributed by atoms with van der Waals surface area (Å²) in [5.74, 6) is -0.327. The van der Waals surface area contributed by atoms with E-state index in [9.17, 15) is 18.0 Å². The molecule has 0 aliphatic carbocycles. The molecule has 0 heterocycles. The second-order valence-electron chi connectivity index (χ2n) is 10.3. The molecule has 2 aromatic rings. The van der Waals surface area contributed by atoms with E-state index in [-0.39, 0.29) is 29.7 Å². The molecule has 0 unspecified atom stereocenters. The van der Waals surface area contributed by atoms with Crippen molar-refractivity contribution in [3.05, 3.63) is 53.6 Å².